The molecule has 0 fully saturated rings. The van der Waals surface area contributed by atoms with E-state index in [1.807, 2.05) is 18.2 Å². The monoisotopic (exact) mass is 402 g/mol. The summed E-state index contributed by atoms with van der Waals surface area (Å²) in [5.74, 6) is -0.140. The number of benzene rings is 2. The molecule has 1 aliphatic rings. The fraction of sp³-hybridized carbons (Fsp3) is 0.381. The average molecular weight is 403 g/mol. The highest BCUT2D eigenvalue weighted by molar-refractivity contribution is 7.92. The number of nitrogens with zero attached hydrogens (tertiary/aromatic N) is 1. The fourth-order valence-corrected chi connectivity index (χ4v) is 4.30. The molecular formula is C21H26N2O4S. The number of carbonyl (C=O) groups excluding carboxylic acids is 1. The van der Waals surface area contributed by atoms with E-state index in [9.17, 15) is 13.2 Å². The van der Waals surface area contributed by atoms with Crippen molar-refractivity contribution < 1.29 is 17.9 Å². The highest BCUT2D eigenvalue weighted by Gasteiger charge is 2.25. The van der Waals surface area contributed by atoms with E-state index < -0.39 is 10.0 Å². The van der Waals surface area contributed by atoms with Gasteiger partial charge in [0.05, 0.1) is 10.6 Å². The molecule has 0 unspecified atom stereocenters. The average Bonchev–Trinajstić information content (AvgIpc) is 3.04. The third kappa shape index (κ3) is 4.20. The number of fused-ring (bicyclic) bond motifs is 1. The Hall–Kier alpha value is -2.38. The highest BCUT2D eigenvalue weighted by Crippen LogP contribution is 2.32. The summed E-state index contributed by atoms with van der Waals surface area (Å²) in [6.45, 7) is 6.80. The van der Waals surface area contributed by atoms with Crippen LogP contribution in [0.4, 0.5) is 11.4 Å². The standard InChI is InChI=1S/C21H26N2O4S/c1-21(2,3)16-6-9-18(10-7-16)28(25,26)22-17-8-5-15-11-12-23(19(15)13-17)20(24)14-27-4/h5-10,13,22H,11-12,14H2,1-4H3. The summed E-state index contributed by atoms with van der Waals surface area (Å²) in [6, 6.07) is 12.2. The van der Waals surface area contributed by atoms with Gasteiger partial charge in [0.1, 0.15) is 6.61 Å². The molecular weight excluding hydrogens is 376 g/mol. The highest BCUT2D eigenvalue weighted by atomic mass is 32.2. The lowest BCUT2D eigenvalue weighted by Crippen LogP contribution is -2.32. The number of hydrogen-bond acceptors (Lipinski definition) is 4. The van der Waals surface area contributed by atoms with Crippen LogP contribution in [0.1, 0.15) is 31.9 Å². The van der Waals surface area contributed by atoms with Crippen LogP contribution in [0, 0.1) is 0 Å². The maximum atomic E-state index is 12.8. The van der Waals surface area contributed by atoms with E-state index in [0.29, 0.717) is 12.2 Å². The predicted octanol–water partition coefficient (Wildman–Crippen LogP) is 3.32. The number of hydrogen-bond donors (Lipinski definition) is 1. The van der Waals surface area contributed by atoms with Crippen molar-refractivity contribution >= 4 is 27.3 Å². The Morgan fingerprint density at radius 3 is 2.43 bits per heavy atom. The molecule has 2 aromatic carbocycles. The van der Waals surface area contributed by atoms with Crippen molar-refractivity contribution in [3.05, 3.63) is 53.6 Å². The summed E-state index contributed by atoms with van der Waals surface area (Å²) in [5, 5.41) is 0. The van der Waals surface area contributed by atoms with Gasteiger partial charge in [0.25, 0.3) is 15.9 Å². The number of sulfonamides is 1. The van der Waals surface area contributed by atoms with Gasteiger partial charge in [-0.25, -0.2) is 8.42 Å². The molecule has 0 saturated heterocycles. The number of rotatable bonds is 5. The molecule has 3 rings (SSSR count). The van der Waals surface area contributed by atoms with Crippen LogP contribution in [0.15, 0.2) is 47.4 Å². The lowest BCUT2D eigenvalue weighted by molar-refractivity contribution is -0.122. The van der Waals surface area contributed by atoms with Crippen molar-refractivity contribution in [3.63, 3.8) is 0 Å². The molecule has 28 heavy (non-hydrogen) atoms. The van der Waals surface area contributed by atoms with Crippen molar-refractivity contribution in [2.75, 3.05) is 29.9 Å². The Labute approximate surface area is 166 Å². The first-order valence-electron chi connectivity index (χ1n) is 9.17. The molecule has 0 atom stereocenters. The van der Waals surface area contributed by atoms with Gasteiger partial charge in [0, 0.05) is 19.3 Å². The number of methoxy groups -OCH3 is 1. The van der Waals surface area contributed by atoms with Gasteiger partial charge in [-0.15, -0.1) is 0 Å². The van der Waals surface area contributed by atoms with Gasteiger partial charge >= 0.3 is 0 Å². The number of amides is 1. The number of ether oxygens (including phenoxy) is 1. The van der Waals surface area contributed by atoms with Gasteiger partial charge < -0.3 is 9.64 Å². The second kappa shape index (κ2) is 7.56. The van der Waals surface area contributed by atoms with Crippen LogP contribution in [-0.2, 0) is 31.4 Å². The van der Waals surface area contributed by atoms with Crippen LogP contribution in [0.2, 0.25) is 0 Å². The summed E-state index contributed by atoms with van der Waals surface area (Å²) in [4.78, 5) is 14.0. The lowest BCUT2D eigenvalue weighted by Gasteiger charge is -2.19. The van der Waals surface area contributed by atoms with Crippen molar-refractivity contribution in [3.8, 4) is 0 Å². The molecule has 0 bridgehead atoms. The lowest BCUT2D eigenvalue weighted by atomic mass is 9.87. The van der Waals surface area contributed by atoms with E-state index in [1.54, 1.807) is 29.2 Å². The molecule has 1 N–H and O–H groups in total. The van der Waals surface area contributed by atoms with E-state index in [0.717, 1.165) is 23.2 Å². The maximum Gasteiger partial charge on any atom is 0.261 e. The molecule has 0 aromatic heterocycles. The Bertz CT molecular complexity index is 976. The normalized spacial score (nSPS) is 14.1. The molecule has 7 heteroatoms. The van der Waals surface area contributed by atoms with Crippen LogP contribution in [0.5, 0.6) is 0 Å². The summed E-state index contributed by atoms with van der Waals surface area (Å²) >= 11 is 0. The first-order valence-corrected chi connectivity index (χ1v) is 10.7. The van der Waals surface area contributed by atoms with Gasteiger partial charge in [-0.05, 0) is 47.2 Å². The van der Waals surface area contributed by atoms with Gasteiger partial charge in [-0.1, -0.05) is 39.0 Å². The van der Waals surface area contributed by atoms with Crippen LogP contribution in [-0.4, -0.2) is 34.6 Å². The van der Waals surface area contributed by atoms with E-state index in [4.69, 9.17) is 4.74 Å². The first-order chi connectivity index (χ1) is 13.1. The minimum atomic E-state index is -3.72. The molecule has 0 saturated carbocycles. The molecule has 6 nitrogen and oxygen atoms in total. The fourth-order valence-electron chi connectivity index (χ4n) is 3.25. The maximum absolute atomic E-state index is 12.8. The molecule has 0 spiro atoms. The Kier molecular flexibility index (Phi) is 5.50. The van der Waals surface area contributed by atoms with Crippen molar-refractivity contribution in [2.45, 2.75) is 37.5 Å². The quantitative estimate of drug-likeness (QED) is 0.832. The van der Waals surface area contributed by atoms with Crippen LogP contribution < -0.4 is 9.62 Å². The molecule has 1 aliphatic heterocycles. The zero-order chi connectivity index (χ0) is 20.5. The second-order valence-corrected chi connectivity index (χ2v) is 9.63. The van der Waals surface area contributed by atoms with E-state index in [-0.39, 0.29) is 22.8 Å². The van der Waals surface area contributed by atoms with Crippen molar-refractivity contribution in [1.82, 2.24) is 0 Å². The summed E-state index contributed by atoms with van der Waals surface area (Å²) in [7, 11) is -2.24. The Balaban J connectivity index is 1.84. The van der Waals surface area contributed by atoms with Crippen LogP contribution in [0.3, 0.4) is 0 Å². The van der Waals surface area contributed by atoms with Gasteiger partial charge in [0.2, 0.25) is 0 Å². The largest absolute Gasteiger partial charge is 0.375 e. The third-order valence-electron chi connectivity index (χ3n) is 4.83. The number of nitrogens with one attached hydrogen (secondary N) is 1. The van der Waals surface area contributed by atoms with Gasteiger partial charge in [0.15, 0.2) is 0 Å². The molecule has 1 heterocycles. The minimum Gasteiger partial charge on any atom is -0.375 e. The van der Waals surface area contributed by atoms with E-state index in [1.165, 1.54) is 7.11 Å². The molecule has 1 amide bonds. The summed E-state index contributed by atoms with van der Waals surface area (Å²) < 4.78 is 33.1. The SMILES string of the molecule is COCC(=O)N1CCc2ccc(NS(=O)(=O)c3ccc(C(C)(C)C)cc3)cc21. The number of carbonyl (C=O) groups is 1. The van der Waals surface area contributed by atoms with Crippen molar-refractivity contribution in [1.29, 1.82) is 0 Å². The Morgan fingerprint density at radius 1 is 1.14 bits per heavy atom. The Morgan fingerprint density at radius 2 is 1.82 bits per heavy atom. The van der Waals surface area contributed by atoms with Crippen LogP contribution >= 0.6 is 0 Å². The molecule has 0 aliphatic carbocycles. The second-order valence-electron chi connectivity index (χ2n) is 7.95. The van der Waals surface area contributed by atoms with Gasteiger partial charge in [-0.2, -0.15) is 0 Å². The molecule has 150 valence electrons. The smallest absolute Gasteiger partial charge is 0.261 e. The minimum absolute atomic E-state index is 0.00444. The van der Waals surface area contributed by atoms with Gasteiger partial charge in [-0.3, -0.25) is 9.52 Å². The zero-order valence-corrected chi connectivity index (χ0v) is 17.5. The van der Waals surface area contributed by atoms with Crippen LogP contribution in [0.25, 0.3) is 0 Å². The molecule has 2 aromatic rings. The summed E-state index contributed by atoms with van der Waals surface area (Å²) in [6.07, 6.45) is 0.742. The first kappa shape index (κ1) is 20.4. The van der Waals surface area contributed by atoms with E-state index in [2.05, 4.69) is 25.5 Å². The molecule has 0 radical (unpaired) electrons. The number of anilines is 2. The zero-order valence-electron chi connectivity index (χ0n) is 16.7. The predicted molar refractivity (Wildman–Crippen MR) is 110 cm³/mol. The van der Waals surface area contributed by atoms with E-state index >= 15 is 0 Å². The summed E-state index contributed by atoms with van der Waals surface area (Å²) in [5.41, 5.74) is 3.19. The van der Waals surface area contributed by atoms with Crippen molar-refractivity contribution in [2.24, 2.45) is 0 Å². The topological polar surface area (TPSA) is 75.7 Å². The third-order valence-corrected chi connectivity index (χ3v) is 6.23.